The van der Waals surface area contributed by atoms with E-state index in [9.17, 15) is 4.79 Å². The van der Waals surface area contributed by atoms with Crippen molar-refractivity contribution in [3.8, 4) is 0 Å². The smallest absolute Gasteiger partial charge is 0.164 e. The number of Topliss-reactive ketones (excluding diaryl/α,β-unsaturated/α-hetero) is 1. The number of hydrogen-bond acceptors (Lipinski definition) is 2. The minimum absolute atomic E-state index is 0.178. The molecule has 2 aromatic heterocycles. The van der Waals surface area contributed by atoms with E-state index < -0.39 is 0 Å². The molecule has 0 unspecified atom stereocenters. The first kappa shape index (κ1) is 13.6. The molecule has 0 spiro atoms. The number of rotatable bonds is 5. The van der Waals surface area contributed by atoms with Crippen LogP contribution in [-0.2, 0) is 13.1 Å². The van der Waals surface area contributed by atoms with Crippen LogP contribution < -0.4 is 0 Å². The van der Waals surface area contributed by atoms with E-state index in [1.54, 1.807) is 0 Å². The maximum Gasteiger partial charge on any atom is 0.164 e. The summed E-state index contributed by atoms with van der Waals surface area (Å²) in [5.74, 6) is 0.178. The van der Waals surface area contributed by atoms with E-state index in [1.807, 2.05) is 46.8 Å². The van der Waals surface area contributed by atoms with Gasteiger partial charge >= 0.3 is 0 Å². The fraction of sp³-hybridized carbons (Fsp3) is 0.294. The van der Waals surface area contributed by atoms with Crippen LogP contribution in [0.2, 0.25) is 0 Å². The third-order valence-electron chi connectivity index (χ3n) is 3.76. The minimum Gasteiger partial charge on any atom is -0.347 e. The molecule has 21 heavy (non-hydrogen) atoms. The van der Waals surface area contributed by atoms with Crippen molar-refractivity contribution in [1.82, 2.24) is 14.3 Å². The van der Waals surface area contributed by atoms with Crippen LogP contribution in [0.1, 0.15) is 36.3 Å². The van der Waals surface area contributed by atoms with Crippen molar-refractivity contribution >= 4 is 16.7 Å². The highest BCUT2D eigenvalue weighted by Gasteiger charge is 2.11. The second-order valence-corrected chi connectivity index (χ2v) is 5.13. The number of aryl methyl sites for hydroxylation is 1. The lowest BCUT2D eigenvalue weighted by Gasteiger charge is -2.00. The molecule has 1 aromatic carbocycles. The van der Waals surface area contributed by atoms with Gasteiger partial charge in [-0.25, -0.2) is 0 Å². The van der Waals surface area contributed by atoms with Gasteiger partial charge in [-0.05, 0) is 19.1 Å². The van der Waals surface area contributed by atoms with Gasteiger partial charge in [0.05, 0.1) is 17.8 Å². The summed E-state index contributed by atoms with van der Waals surface area (Å²) in [4.78, 5) is 11.7. The highest BCUT2D eigenvalue weighted by molar-refractivity contribution is 5.95. The van der Waals surface area contributed by atoms with Gasteiger partial charge < -0.3 is 4.57 Å². The van der Waals surface area contributed by atoms with E-state index in [1.165, 1.54) is 5.39 Å². The Morgan fingerprint density at radius 1 is 1.19 bits per heavy atom. The fourth-order valence-corrected chi connectivity index (χ4v) is 2.64. The predicted octanol–water partition coefficient (Wildman–Crippen LogP) is 3.50. The van der Waals surface area contributed by atoms with E-state index in [-0.39, 0.29) is 5.78 Å². The number of nitrogens with zero attached hydrogens (tertiary/aromatic N) is 3. The number of benzene rings is 1. The highest BCUT2D eigenvalue weighted by atomic mass is 16.1. The number of aromatic nitrogens is 3. The zero-order valence-electron chi connectivity index (χ0n) is 12.4. The molecule has 3 rings (SSSR count). The first-order valence-corrected chi connectivity index (χ1v) is 7.36. The summed E-state index contributed by atoms with van der Waals surface area (Å²) in [5, 5.41) is 5.87. The van der Waals surface area contributed by atoms with E-state index in [4.69, 9.17) is 0 Å². The summed E-state index contributed by atoms with van der Waals surface area (Å²) in [6.07, 6.45) is 4.39. The topological polar surface area (TPSA) is 39.8 Å². The molecule has 0 aliphatic carbocycles. The molecule has 0 fully saturated rings. The molecule has 0 saturated carbocycles. The average molecular weight is 281 g/mol. The Kier molecular flexibility index (Phi) is 3.60. The maximum atomic E-state index is 11.7. The minimum atomic E-state index is 0.178. The first-order valence-electron chi connectivity index (χ1n) is 7.36. The summed E-state index contributed by atoms with van der Waals surface area (Å²) in [6, 6.07) is 10.1. The van der Waals surface area contributed by atoms with Crippen molar-refractivity contribution in [3.63, 3.8) is 0 Å². The van der Waals surface area contributed by atoms with Crippen molar-refractivity contribution in [1.29, 1.82) is 0 Å². The molecular weight excluding hydrogens is 262 g/mol. The molecule has 0 aliphatic rings. The van der Waals surface area contributed by atoms with Gasteiger partial charge in [0.15, 0.2) is 5.78 Å². The van der Waals surface area contributed by atoms with Crippen LogP contribution in [0, 0.1) is 0 Å². The Morgan fingerprint density at radius 2 is 2.00 bits per heavy atom. The number of fused-ring (bicyclic) bond motifs is 1. The summed E-state index contributed by atoms with van der Waals surface area (Å²) in [5.41, 5.74) is 2.97. The molecule has 3 aromatic rings. The van der Waals surface area contributed by atoms with Crippen LogP contribution >= 0.6 is 0 Å². The first-order chi connectivity index (χ1) is 10.2. The zero-order valence-corrected chi connectivity index (χ0v) is 12.4. The monoisotopic (exact) mass is 281 g/mol. The van der Waals surface area contributed by atoms with Gasteiger partial charge in [-0.2, -0.15) is 5.10 Å². The van der Waals surface area contributed by atoms with Crippen molar-refractivity contribution in [2.45, 2.75) is 33.4 Å². The molecule has 0 aliphatic heterocycles. The van der Waals surface area contributed by atoms with E-state index in [0.717, 1.165) is 23.3 Å². The summed E-state index contributed by atoms with van der Waals surface area (Å²) < 4.78 is 4.05. The standard InChI is InChI=1S/C17H19N3O/c1-3-17(21)13-9-10-19(11-13)12-15-14-7-5-6-8-16(14)20(4-2)18-15/h5-11H,3-4,12H2,1-2H3. The second-order valence-electron chi connectivity index (χ2n) is 5.13. The lowest BCUT2D eigenvalue weighted by molar-refractivity contribution is 0.0988. The SMILES string of the molecule is CCC(=O)c1ccn(Cc2nn(CC)c3ccccc23)c1. The van der Waals surface area contributed by atoms with E-state index >= 15 is 0 Å². The molecular formula is C17H19N3O. The molecule has 108 valence electrons. The fourth-order valence-electron chi connectivity index (χ4n) is 2.64. The Bertz CT molecular complexity index is 782. The third kappa shape index (κ3) is 2.49. The zero-order chi connectivity index (χ0) is 14.8. The van der Waals surface area contributed by atoms with Crippen LogP contribution in [0.25, 0.3) is 10.9 Å². The van der Waals surface area contributed by atoms with Gasteiger partial charge in [-0.1, -0.05) is 25.1 Å². The van der Waals surface area contributed by atoms with E-state index in [0.29, 0.717) is 13.0 Å². The van der Waals surface area contributed by atoms with Gasteiger partial charge in [-0.3, -0.25) is 9.48 Å². The van der Waals surface area contributed by atoms with Crippen molar-refractivity contribution in [2.75, 3.05) is 0 Å². The number of carbonyl (C=O) groups is 1. The molecule has 4 heteroatoms. The Morgan fingerprint density at radius 3 is 2.76 bits per heavy atom. The average Bonchev–Trinajstić information content (AvgIpc) is 3.12. The van der Waals surface area contributed by atoms with Gasteiger partial charge in [0.1, 0.15) is 0 Å². The number of carbonyl (C=O) groups excluding carboxylic acids is 1. The Labute approximate surface area is 124 Å². The molecule has 0 saturated heterocycles. The van der Waals surface area contributed by atoms with Crippen LogP contribution in [0.3, 0.4) is 0 Å². The Hall–Kier alpha value is -2.36. The number of ketones is 1. The quantitative estimate of drug-likeness (QED) is 0.671. The van der Waals surface area contributed by atoms with Crippen LogP contribution in [0.5, 0.6) is 0 Å². The van der Waals surface area contributed by atoms with Gasteiger partial charge in [-0.15, -0.1) is 0 Å². The van der Waals surface area contributed by atoms with Gasteiger partial charge in [0, 0.05) is 36.3 Å². The predicted molar refractivity (Wildman–Crippen MR) is 83.6 cm³/mol. The van der Waals surface area contributed by atoms with Crippen molar-refractivity contribution < 1.29 is 4.79 Å². The largest absolute Gasteiger partial charge is 0.347 e. The van der Waals surface area contributed by atoms with Crippen molar-refractivity contribution in [3.05, 3.63) is 54.0 Å². The number of hydrogen-bond donors (Lipinski definition) is 0. The summed E-state index contributed by atoms with van der Waals surface area (Å²) in [6.45, 7) is 5.52. The molecule has 0 radical (unpaired) electrons. The van der Waals surface area contributed by atoms with Crippen LogP contribution in [0.4, 0.5) is 0 Å². The molecule has 0 amide bonds. The van der Waals surface area contributed by atoms with E-state index in [2.05, 4.69) is 24.2 Å². The maximum absolute atomic E-state index is 11.7. The van der Waals surface area contributed by atoms with Crippen LogP contribution in [-0.4, -0.2) is 20.1 Å². The molecule has 0 N–H and O–H groups in total. The molecule has 2 heterocycles. The lowest BCUT2D eigenvalue weighted by Crippen LogP contribution is -2.01. The van der Waals surface area contributed by atoms with Gasteiger partial charge in [0.25, 0.3) is 0 Å². The lowest BCUT2D eigenvalue weighted by atomic mass is 10.2. The third-order valence-corrected chi connectivity index (χ3v) is 3.76. The van der Waals surface area contributed by atoms with Gasteiger partial charge in [0.2, 0.25) is 0 Å². The summed E-state index contributed by atoms with van der Waals surface area (Å²) in [7, 11) is 0. The van der Waals surface area contributed by atoms with Crippen molar-refractivity contribution in [2.24, 2.45) is 0 Å². The molecule has 0 bridgehead atoms. The number of para-hydroxylation sites is 1. The van der Waals surface area contributed by atoms with Crippen LogP contribution in [0.15, 0.2) is 42.7 Å². The summed E-state index contributed by atoms with van der Waals surface area (Å²) >= 11 is 0. The highest BCUT2D eigenvalue weighted by Crippen LogP contribution is 2.19. The Balaban J connectivity index is 1.95. The normalized spacial score (nSPS) is 11.1. The second kappa shape index (κ2) is 5.56. The molecule has 4 nitrogen and oxygen atoms in total. The molecule has 0 atom stereocenters.